The zero-order valence-corrected chi connectivity index (χ0v) is 11.1. The van der Waals surface area contributed by atoms with Gasteiger partial charge in [0, 0.05) is 25.4 Å². The van der Waals surface area contributed by atoms with Gasteiger partial charge in [0.15, 0.2) is 0 Å². The van der Waals surface area contributed by atoms with E-state index < -0.39 is 0 Å². The highest BCUT2D eigenvalue weighted by atomic mass is 15.3. The zero-order valence-electron chi connectivity index (χ0n) is 15.1. The van der Waals surface area contributed by atoms with Crippen molar-refractivity contribution in [2.75, 3.05) is 13.1 Å². The Kier molecular flexibility index (Phi) is 3.03. The van der Waals surface area contributed by atoms with Crippen LogP contribution in [0.25, 0.3) is 10.4 Å². The van der Waals surface area contributed by atoms with Gasteiger partial charge >= 0.3 is 0 Å². The normalized spacial score (nSPS) is 16.4. The minimum absolute atomic E-state index is 0. The van der Waals surface area contributed by atoms with Crippen molar-refractivity contribution >= 4 is 0 Å². The second-order valence-corrected chi connectivity index (χ2v) is 5.04. The molecule has 0 aliphatic carbocycles. The van der Waals surface area contributed by atoms with Gasteiger partial charge in [-0.15, -0.1) is 0 Å². The predicted octanol–water partition coefficient (Wildman–Crippen LogP) is 4.51. The molecule has 1 saturated heterocycles. The fourth-order valence-corrected chi connectivity index (χ4v) is 2.73. The fourth-order valence-electron chi connectivity index (χ4n) is 2.73. The summed E-state index contributed by atoms with van der Waals surface area (Å²) < 4.78 is 20.0. The number of likely N-dealkylation sites (tertiary alicyclic amines) is 1. The molecular weight excluding hydrogens is 248 g/mol. The topological polar surface area (TPSA) is 52.0 Å². The van der Waals surface area contributed by atoms with Crippen molar-refractivity contribution in [1.82, 2.24) is 4.90 Å². The largest absolute Gasteiger partial charge is 0.291 e. The van der Waals surface area contributed by atoms with Crippen molar-refractivity contribution in [3.63, 3.8) is 0 Å². The van der Waals surface area contributed by atoms with Gasteiger partial charge in [0.05, 0.1) is 12.1 Å². The minimum Gasteiger partial charge on any atom is -0.291 e. The van der Waals surface area contributed by atoms with Crippen molar-refractivity contribution < 1.29 is 7.37 Å². The van der Waals surface area contributed by atoms with E-state index in [9.17, 15) is 0 Å². The molecule has 1 fully saturated rings. The highest BCUT2D eigenvalue weighted by Gasteiger charge is 2.33. The molecule has 0 radical (unpaired) electrons. The summed E-state index contributed by atoms with van der Waals surface area (Å²) in [7, 11) is 0. The van der Waals surface area contributed by atoms with E-state index in [-0.39, 0.29) is 13.5 Å². The van der Waals surface area contributed by atoms with Crippen LogP contribution >= 0.6 is 0 Å². The van der Waals surface area contributed by atoms with Crippen LogP contribution in [-0.4, -0.2) is 24.0 Å². The van der Waals surface area contributed by atoms with Gasteiger partial charge in [-0.1, -0.05) is 65.8 Å². The van der Waals surface area contributed by atoms with Gasteiger partial charge in [-0.2, -0.15) is 0 Å². The summed E-state index contributed by atoms with van der Waals surface area (Å²) in [5, 5.41) is 3.79. The number of nitrogens with zero attached hydrogens (tertiary/aromatic N) is 4. The average molecular weight is 275 g/mol. The summed E-state index contributed by atoms with van der Waals surface area (Å²) in [5.41, 5.74) is 11.1. The quantitative estimate of drug-likeness (QED) is 0.460. The molecule has 0 atom stereocenters. The standard InChI is InChI=1S/C16H16N4.3H2/c17-19-18-15-11-20(12-15)16(13-7-3-1-4-8-13)14-9-5-2-6-10-14;;;/h1-10,15-16H,11-12H2;3*1H/i;2*1+1D;1+1. The molecule has 3 rings (SSSR count). The Morgan fingerprint density at radius 2 is 1.55 bits per heavy atom. The Morgan fingerprint density at radius 1 is 1.05 bits per heavy atom. The van der Waals surface area contributed by atoms with Crippen LogP contribution in [0.5, 0.6) is 0 Å². The van der Waals surface area contributed by atoms with Gasteiger partial charge in [0.1, 0.15) is 0 Å². The lowest BCUT2D eigenvalue weighted by Gasteiger charge is -2.43. The van der Waals surface area contributed by atoms with E-state index in [1.807, 2.05) is 12.1 Å². The Labute approximate surface area is 125 Å². The highest BCUT2D eigenvalue weighted by Crippen LogP contribution is 2.32. The van der Waals surface area contributed by atoms with Crippen LogP contribution in [0.2, 0.25) is 0 Å². The molecule has 0 spiro atoms. The monoisotopic (exact) mass is 275 g/mol. The Hall–Kier alpha value is -2.29. The zero-order chi connectivity index (χ0) is 17.8. The van der Waals surface area contributed by atoms with Crippen LogP contribution in [-0.2, 0) is 0 Å². The Balaban J connectivity index is 0.00000108. The first-order valence-corrected chi connectivity index (χ1v) is 6.76. The molecule has 106 valence electrons. The van der Waals surface area contributed by atoms with E-state index >= 15 is 0 Å². The van der Waals surface area contributed by atoms with E-state index in [1.165, 1.54) is 11.1 Å². The molecule has 0 N–H and O–H groups in total. The predicted molar refractivity (Wildman–Crippen MR) is 85.6 cm³/mol. The molecule has 2 aromatic carbocycles. The van der Waals surface area contributed by atoms with Gasteiger partial charge < -0.3 is 0 Å². The summed E-state index contributed by atoms with van der Waals surface area (Å²) in [6.45, 7) is 1.64. The van der Waals surface area contributed by atoms with Crippen LogP contribution in [0.4, 0.5) is 0 Å². The Bertz CT molecular complexity index is 577. The van der Waals surface area contributed by atoms with Crippen LogP contribution < -0.4 is 0 Å². The van der Waals surface area contributed by atoms with Crippen molar-refractivity contribution in [3.05, 3.63) is 82.2 Å². The molecule has 4 heteroatoms. The van der Waals surface area contributed by atoms with Crippen LogP contribution in [0.3, 0.4) is 0 Å². The highest BCUT2D eigenvalue weighted by molar-refractivity contribution is 5.32. The molecule has 1 aliphatic heterocycles. The van der Waals surface area contributed by atoms with Gasteiger partial charge in [0.2, 0.25) is 0 Å². The number of benzene rings is 2. The molecule has 0 aromatic heterocycles. The average Bonchev–Trinajstić information content (AvgIpc) is 2.65. The number of hydrogen-bond donors (Lipinski definition) is 0. The number of azide groups is 1. The van der Waals surface area contributed by atoms with E-state index in [0.29, 0.717) is 0 Å². The third-order valence-electron chi connectivity index (χ3n) is 3.70. The summed E-state index contributed by atoms with van der Waals surface area (Å²) in [6.07, 6.45) is 0. The molecule has 4 nitrogen and oxygen atoms in total. The van der Waals surface area contributed by atoms with Crippen LogP contribution in [0.15, 0.2) is 65.8 Å². The maximum Gasteiger partial charge on any atom is 0.0629 e. The van der Waals surface area contributed by atoms with Gasteiger partial charge in [0.25, 0.3) is 0 Å². The first-order chi connectivity index (χ1) is 11.9. The molecule has 0 amide bonds. The molecule has 0 bridgehead atoms. The van der Waals surface area contributed by atoms with Crippen molar-refractivity contribution in [3.8, 4) is 0 Å². The lowest BCUT2D eigenvalue weighted by molar-refractivity contribution is 0.114. The summed E-state index contributed by atoms with van der Waals surface area (Å²) in [5.74, 6) is 0. The second-order valence-electron chi connectivity index (χ2n) is 5.04. The third-order valence-corrected chi connectivity index (χ3v) is 3.70. The van der Waals surface area contributed by atoms with E-state index in [0.717, 1.165) is 13.1 Å². The number of rotatable bonds is 4. The molecule has 0 unspecified atom stereocenters. The number of hydrogen-bond acceptors (Lipinski definition) is 2. The summed E-state index contributed by atoms with van der Waals surface area (Å²) in [4.78, 5) is 5.25. The van der Waals surface area contributed by atoms with Crippen molar-refractivity contribution in [1.29, 1.82) is 0 Å². The van der Waals surface area contributed by atoms with Crippen LogP contribution in [0, 0.1) is 0 Å². The molecule has 0 saturated carbocycles. The van der Waals surface area contributed by atoms with Crippen molar-refractivity contribution in [2.45, 2.75) is 12.1 Å². The molecule has 2 aromatic rings. The molecular formula is C16H22N4. The minimum atomic E-state index is 0. The Morgan fingerprint density at radius 3 is 2.00 bits per heavy atom. The lowest BCUT2D eigenvalue weighted by atomic mass is 9.93. The smallest absolute Gasteiger partial charge is 0.0629 e. The maximum atomic E-state index is 8.50. The molecule has 1 aliphatic rings. The van der Waals surface area contributed by atoms with Gasteiger partial charge in [-0.3, -0.25) is 4.90 Å². The fraction of sp³-hybridized carbons (Fsp3) is 0.250. The van der Waals surface area contributed by atoms with E-state index in [2.05, 4.69) is 63.5 Å². The van der Waals surface area contributed by atoms with Gasteiger partial charge in [-0.05, 0) is 16.7 Å². The first kappa shape index (κ1) is 10.5. The second kappa shape index (κ2) is 5.78. The van der Waals surface area contributed by atoms with E-state index in [1.54, 1.807) is 0 Å². The third kappa shape index (κ3) is 2.52. The van der Waals surface area contributed by atoms with Crippen LogP contribution in [0.1, 0.15) is 24.5 Å². The van der Waals surface area contributed by atoms with E-state index in [4.69, 9.17) is 11.5 Å². The molecule has 1 heterocycles. The maximum absolute atomic E-state index is 8.50. The summed E-state index contributed by atoms with van der Waals surface area (Å²) in [6, 6.07) is 21.3. The van der Waals surface area contributed by atoms with Gasteiger partial charge in [-0.25, -0.2) is 0 Å². The molecule has 20 heavy (non-hydrogen) atoms. The first-order valence-electron chi connectivity index (χ1n) is 8.76. The lowest BCUT2D eigenvalue weighted by Crippen LogP contribution is -2.51. The van der Waals surface area contributed by atoms with Crippen molar-refractivity contribution in [2.24, 2.45) is 5.11 Å². The SMILES string of the molecule is [2HH].[2H][2H].[2H][2H].[N-]=[N+]=NC1CN(C(c2ccccc2)c2ccccc2)C1. The summed E-state index contributed by atoms with van der Waals surface area (Å²) >= 11 is 0.